The first-order valence-electron chi connectivity index (χ1n) is 9.46. The molecule has 2 amide bonds. The van der Waals surface area contributed by atoms with E-state index in [1.807, 2.05) is 0 Å². The fourth-order valence-electron chi connectivity index (χ4n) is 3.52. The topological polar surface area (TPSA) is 105 Å². The molecular formula is C20H20FN3O5S. The van der Waals surface area contributed by atoms with Crippen molar-refractivity contribution in [2.75, 3.05) is 30.3 Å². The number of amides is 2. The first-order chi connectivity index (χ1) is 14.3. The van der Waals surface area contributed by atoms with Gasteiger partial charge < -0.3 is 15.4 Å². The predicted octanol–water partition coefficient (Wildman–Crippen LogP) is 2.20. The molecule has 8 nitrogen and oxygen atoms in total. The molecule has 1 fully saturated rings. The normalized spacial score (nSPS) is 19.4. The number of anilines is 2. The van der Waals surface area contributed by atoms with Gasteiger partial charge in [0.15, 0.2) is 6.61 Å². The number of fused-ring (bicyclic) bond motifs is 1. The number of sulfonamides is 1. The van der Waals surface area contributed by atoms with E-state index in [0.29, 0.717) is 36.5 Å². The third kappa shape index (κ3) is 4.14. The van der Waals surface area contributed by atoms with Crippen LogP contribution in [0.4, 0.5) is 15.8 Å². The van der Waals surface area contributed by atoms with Crippen LogP contribution in [0.3, 0.4) is 0 Å². The Balaban J connectivity index is 1.49. The highest BCUT2D eigenvalue weighted by molar-refractivity contribution is 7.89. The number of halogens is 1. The highest BCUT2D eigenvalue weighted by Gasteiger charge is 2.34. The molecule has 30 heavy (non-hydrogen) atoms. The minimum absolute atomic E-state index is 0.0200. The lowest BCUT2D eigenvalue weighted by atomic mass is 9.99. The summed E-state index contributed by atoms with van der Waals surface area (Å²) >= 11 is 0. The fourth-order valence-corrected chi connectivity index (χ4v) is 5.07. The van der Waals surface area contributed by atoms with E-state index in [9.17, 15) is 22.4 Å². The van der Waals surface area contributed by atoms with Crippen molar-refractivity contribution in [1.29, 1.82) is 0 Å². The number of ether oxygens (including phenoxy) is 1. The standard InChI is InChI=1S/C20H20FN3O5S/c21-14-3-5-15(6-4-14)22-20(26)13-2-1-9-24(11-13)30(27,28)16-7-8-18-17(10-16)23-19(25)12-29-18/h3-8,10,13H,1-2,9,11-12H2,(H,22,26)(H,23,25)/t13-/m0/s1. The van der Waals surface area contributed by atoms with E-state index in [0.717, 1.165) is 0 Å². The van der Waals surface area contributed by atoms with Crippen molar-refractivity contribution < 1.29 is 27.1 Å². The number of benzene rings is 2. The van der Waals surface area contributed by atoms with Gasteiger partial charge in [0, 0.05) is 18.8 Å². The molecule has 0 bridgehead atoms. The van der Waals surface area contributed by atoms with E-state index < -0.39 is 21.8 Å². The molecule has 2 N–H and O–H groups in total. The molecule has 1 atom stereocenters. The molecule has 158 valence electrons. The van der Waals surface area contributed by atoms with E-state index in [2.05, 4.69) is 10.6 Å². The Morgan fingerprint density at radius 2 is 1.97 bits per heavy atom. The Hall–Kier alpha value is -2.98. The Morgan fingerprint density at radius 3 is 2.73 bits per heavy atom. The zero-order chi connectivity index (χ0) is 21.3. The summed E-state index contributed by atoms with van der Waals surface area (Å²) in [6.45, 7) is 0.216. The lowest BCUT2D eigenvalue weighted by Gasteiger charge is -2.31. The summed E-state index contributed by atoms with van der Waals surface area (Å²) < 4.78 is 45.8. The lowest BCUT2D eigenvalue weighted by molar-refractivity contribution is -0.121. The van der Waals surface area contributed by atoms with E-state index in [-0.39, 0.29) is 29.9 Å². The molecule has 0 spiro atoms. The van der Waals surface area contributed by atoms with Crippen LogP contribution in [-0.4, -0.2) is 44.2 Å². The van der Waals surface area contributed by atoms with Gasteiger partial charge in [-0.25, -0.2) is 12.8 Å². The van der Waals surface area contributed by atoms with E-state index in [4.69, 9.17) is 4.74 Å². The van der Waals surface area contributed by atoms with Crippen molar-refractivity contribution in [3.05, 3.63) is 48.3 Å². The zero-order valence-corrected chi connectivity index (χ0v) is 16.7. The maximum absolute atomic E-state index is 13.1. The SMILES string of the molecule is O=C1COc2ccc(S(=O)(=O)N3CCC[C@H](C(=O)Nc4ccc(F)cc4)C3)cc2N1. The highest BCUT2D eigenvalue weighted by Crippen LogP contribution is 2.32. The van der Waals surface area contributed by atoms with Crippen LogP contribution >= 0.6 is 0 Å². The molecule has 2 aromatic rings. The summed E-state index contributed by atoms with van der Waals surface area (Å²) in [4.78, 5) is 24.1. The summed E-state index contributed by atoms with van der Waals surface area (Å²) in [5.74, 6) is -1.20. The molecule has 0 radical (unpaired) electrons. The Labute approximate surface area is 173 Å². The minimum Gasteiger partial charge on any atom is -0.482 e. The summed E-state index contributed by atoms with van der Waals surface area (Å²) in [7, 11) is -3.86. The number of carbonyl (C=O) groups excluding carboxylic acids is 2. The second kappa shape index (κ2) is 8.04. The Morgan fingerprint density at radius 1 is 1.20 bits per heavy atom. The quantitative estimate of drug-likeness (QED) is 0.769. The van der Waals surface area contributed by atoms with Crippen LogP contribution in [0.5, 0.6) is 5.75 Å². The van der Waals surface area contributed by atoms with Gasteiger partial charge >= 0.3 is 0 Å². The number of piperidine rings is 1. The number of carbonyl (C=O) groups is 2. The van der Waals surface area contributed by atoms with Crippen molar-refractivity contribution >= 4 is 33.2 Å². The maximum Gasteiger partial charge on any atom is 0.262 e. The first-order valence-corrected chi connectivity index (χ1v) is 10.9. The van der Waals surface area contributed by atoms with Gasteiger partial charge in [-0.3, -0.25) is 9.59 Å². The Kier molecular flexibility index (Phi) is 5.44. The van der Waals surface area contributed by atoms with Crippen LogP contribution in [0.2, 0.25) is 0 Å². The molecule has 2 aliphatic heterocycles. The van der Waals surface area contributed by atoms with Crippen molar-refractivity contribution in [2.24, 2.45) is 5.92 Å². The Bertz CT molecular complexity index is 1090. The molecule has 2 aliphatic rings. The molecule has 10 heteroatoms. The van der Waals surface area contributed by atoms with Gasteiger partial charge in [-0.2, -0.15) is 4.31 Å². The van der Waals surface area contributed by atoms with Crippen LogP contribution < -0.4 is 15.4 Å². The van der Waals surface area contributed by atoms with Gasteiger partial charge in [0.1, 0.15) is 11.6 Å². The average Bonchev–Trinajstić information content (AvgIpc) is 2.75. The zero-order valence-electron chi connectivity index (χ0n) is 15.9. The van der Waals surface area contributed by atoms with Gasteiger partial charge in [0.2, 0.25) is 15.9 Å². The second-order valence-corrected chi connectivity index (χ2v) is 9.13. The molecule has 0 aromatic heterocycles. The second-order valence-electron chi connectivity index (χ2n) is 7.19. The van der Waals surface area contributed by atoms with Crippen molar-refractivity contribution in [3.63, 3.8) is 0 Å². The summed E-state index contributed by atoms with van der Waals surface area (Å²) in [6, 6.07) is 9.68. The van der Waals surface area contributed by atoms with Crippen LogP contribution in [0, 0.1) is 11.7 Å². The number of nitrogens with zero attached hydrogens (tertiary/aromatic N) is 1. The predicted molar refractivity (Wildman–Crippen MR) is 107 cm³/mol. The molecule has 0 aliphatic carbocycles. The minimum atomic E-state index is -3.86. The van der Waals surface area contributed by atoms with Crippen molar-refractivity contribution in [3.8, 4) is 5.75 Å². The van der Waals surface area contributed by atoms with Gasteiger partial charge in [0.05, 0.1) is 16.5 Å². The lowest BCUT2D eigenvalue weighted by Crippen LogP contribution is -2.43. The third-order valence-corrected chi connectivity index (χ3v) is 6.95. The monoisotopic (exact) mass is 433 g/mol. The number of nitrogens with one attached hydrogen (secondary N) is 2. The van der Waals surface area contributed by atoms with Crippen LogP contribution in [0.1, 0.15) is 12.8 Å². The maximum atomic E-state index is 13.1. The van der Waals surface area contributed by atoms with Crippen LogP contribution in [-0.2, 0) is 19.6 Å². The summed E-state index contributed by atoms with van der Waals surface area (Å²) in [6.07, 6.45) is 1.08. The molecule has 1 saturated heterocycles. The van der Waals surface area contributed by atoms with Gasteiger partial charge in [-0.05, 0) is 55.3 Å². The fraction of sp³-hybridized carbons (Fsp3) is 0.300. The molecular weight excluding hydrogens is 413 g/mol. The molecule has 0 saturated carbocycles. The van der Waals surface area contributed by atoms with E-state index in [1.54, 1.807) is 0 Å². The summed E-state index contributed by atoms with van der Waals surface area (Å²) in [5, 5.41) is 5.30. The van der Waals surface area contributed by atoms with E-state index in [1.165, 1.54) is 46.8 Å². The molecule has 2 heterocycles. The van der Waals surface area contributed by atoms with Crippen LogP contribution in [0.15, 0.2) is 47.4 Å². The average molecular weight is 433 g/mol. The number of rotatable bonds is 4. The smallest absolute Gasteiger partial charge is 0.262 e. The van der Waals surface area contributed by atoms with Crippen LogP contribution in [0.25, 0.3) is 0 Å². The molecule has 0 unspecified atom stereocenters. The van der Waals surface area contributed by atoms with Gasteiger partial charge in [0.25, 0.3) is 5.91 Å². The molecule has 2 aromatic carbocycles. The van der Waals surface area contributed by atoms with Crippen molar-refractivity contribution in [2.45, 2.75) is 17.7 Å². The van der Waals surface area contributed by atoms with Gasteiger partial charge in [-0.1, -0.05) is 0 Å². The van der Waals surface area contributed by atoms with E-state index >= 15 is 0 Å². The number of hydrogen-bond donors (Lipinski definition) is 2. The molecule has 4 rings (SSSR count). The van der Waals surface area contributed by atoms with Gasteiger partial charge in [-0.15, -0.1) is 0 Å². The third-order valence-electron chi connectivity index (χ3n) is 5.09. The largest absolute Gasteiger partial charge is 0.482 e. The first kappa shape index (κ1) is 20.3. The summed E-state index contributed by atoms with van der Waals surface area (Å²) in [5.41, 5.74) is 0.752. The highest BCUT2D eigenvalue weighted by atomic mass is 32.2. The number of hydrogen-bond acceptors (Lipinski definition) is 5. The van der Waals surface area contributed by atoms with Crippen molar-refractivity contribution in [1.82, 2.24) is 4.31 Å².